The molecule has 39 heavy (non-hydrogen) atoms. The summed E-state index contributed by atoms with van der Waals surface area (Å²) in [5.74, 6) is -6.43. The van der Waals surface area contributed by atoms with Gasteiger partial charge in [-0.2, -0.15) is 13.2 Å². The fourth-order valence-electron chi connectivity index (χ4n) is 5.48. The van der Waals surface area contributed by atoms with Crippen LogP contribution in [0.25, 0.3) is 0 Å². The number of fused-ring (bicyclic) bond motifs is 1. The minimum absolute atomic E-state index is 0.0612. The van der Waals surface area contributed by atoms with Crippen molar-refractivity contribution in [1.82, 2.24) is 31.1 Å². The van der Waals surface area contributed by atoms with Crippen LogP contribution in [-0.4, -0.2) is 103 Å². The Labute approximate surface area is 223 Å². The minimum atomic E-state index is -5.22. The summed E-state index contributed by atoms with van der Waals surface area (Å²) in [4.78, 5) is 78.4. The summed E-state index contributed by atoms with van der Waals surface area (Å²) in [6, 6.07) is -4.67. The van der Waals surface area contributed by atoms with E-state index in [0.717, 1.165) is 4.90 Å². The molecule has 15 heteroatoms. The van der Waals surface area contributed by atoms with Crippen LogP contribution < -0.4 is 21.3 Å². The Bertz CT molecular complexity index is 1070. The van der Waals surface area contributed by atoms with E-state index in [1.165, 1.54) is 32.7 Å². The molecule has 6 amide bonds. The Balaban J connectivity index is 1.89. The lowest BCUT2D eigenvalue weighted by Gasteiger charge is -2.38. The number of Topliss-reactive ketones (excluding diaryl/α,β-unsaturated/α-hetero) is 1. The normalized spacial score (nSPS) is 25.3. The number of nitrogens with zero attached hydrogens (tertiary/aromatic N) is 2. The standard InChI is InChI=1S/C24H35F3N6O6/c1-22(2,3)16(31-20(38)24(25,26)27)19(37)33-9-11-13(23(11,4)5)14(33)17(35)30-12(15(34)18(36)28-6)10-32-8-7-29-21(32)39/h11-14,16H,7-10H2,1-6H3,(H,28,36)(H,29,39)(H,30,35)(H,31,38)/t11-,12-,13-,14-,16?/m0/s1. The first-order valence-corrected chi connectivity index (χ1v) is 12.6. The molecule has 1 unspecified atom stereocenters. The number of piperidine rings is 1. The van der Waals surface area contributed by atoms with Crippen LogP contribution in [0.1, 0.15) is 34.6 Å². The number of hydrogen-bond donors (Lipinski definition) is 4. The smallest absolute Gasteiger partial charge is 0.353 e. The molecule has 0 radical (unpaired) electrons. The molecule has 0 bridgehead atoms. The van der Waals surface area contributed by atoms with Gasteiger partial charge in [-0.1, -0.05) is 34.6 Å². The summed E-state index contributed by atoms with van der Waals surface area (Å²) in [5, 5.41) is 9.03. The maximum absolute atomic E-state index is 13.6. The summed E-state index contributed by atoms with van der Waals surface area (Å²) < 4.78 is 39.1. The number of likely N-dealkylation sites (tertiary alicyclic amines) is 1. The number of amides is 6. The van der Waals surface area contributed by atoms with Gasteiger partial charge in [-0.25, -0.2) is 4.79 Å². The van der Waals surface area contributed by atoms with Gasteiger partial charge in [-0.05, 0) is 22.7 Å². The van der Waals surface area contributed by atoms with Gasteiger partial charge in [0, 0.05) is 26.7 Å². The maximum atomic E-state index is 13.6. The van der Waals surface area contributed by atoms with Gasteiger partial charge in [0.25, 0.3) is 5.91 Å². The number of alkyl halides is 3. The van der Waals surface area contributed by atoms with Crippen LogP contribution >= 0.6 is 0 Å². The van der Waals surface area contributed by atoms with Crippen molar-refractivity contribution in [3.05, 3.63) is 0 Å². The van der Waals surface area contributed by atoms with Crippen LogP contribution in [0.15, 0.2) is 0 Å². The van der Waals surface area contributed by atoms with Crippen LogP contribution in [-0.2, 0) is 24.0 Å². The molecule has 1 aliphatic carbocycles. The van der Waals surface area contributed by atoms with Crippen molar-refractivity contribution >= 4 is 35.4 Å². The number of ketones is 1. The number of likely N-dealkylation sites (N-methyl/N-ethyl adjacent to an activating group) is 1. The molecule has 3 fully saturated rings. The number of halogens is 3. The van der Waals surface area contributed by atoms with Gasteiger partial charge in [0.15, 0.2) is 0 Å². The first kappa shape index (κ1) is 30.2. The van der Waals surface area contributed by atoms with Crippen molar-refractivity contribution in [1.29, 1.82) is 0 Å². The van der Waals surface area contributed by atoms with Gasteiger partial charge >= 0.3 is 18.1 Å². The Morgan fingerprint density at radius 2 is 1.72 bits per heavy atom. The van der Waals surface area contributed by atoms with Crippen LogP contribution in [0.5, 0.6) is 0 Å². The molecule has 218 valence electrons. The Hall–Kier alpha value is -3.39. The summed E-state index contributed by atoms with van der Waals surface area (Å²) in [6.07, 6.45) is -5.22. The molecule has 0 aromatic heterocycles. The fourth-order valence-corrected chi connectivity index (χ4v) is 5.48. The summed E-state index contributed by atoms with van der Waals surface area (Å²) in [7, 11) is 1.23. The SMILES string of the molecule is CNC(=O)C(=O)[C@H](CN1CCNC1=O)NC(=O)[C@@H]1[C@@H]2[C@H](CN1C(=O)C(NC(=O)C(F)(F)F)C(C)(C)C)C2(C)C. The predicted molar refractivity (Wildman–Crippen MR) is 130 cm³/mol. The number of nitrogens with one attached hydrogen (secondary N) is 4. The summed E-state index contributed by atoms with van der Waals surface area (Å²) >= 11 is 0. The molecule has 12 nitrogen and oxygen atoms in total. The van der Waals surface area contributed by atoms with Gasteiger partial charge in [0.05, 0.1) is 6.54 Å². The highest BCUT2D eigenvalue weighted by Crippen LogP contribution is 2.65. The zero-order valence-electron chi connectivity index (χ0n) is 22.7. The van der Waals surface area contributed by atoms with E-state index in [0.29, 0.717) is 6.54 Å². The van der Waals surface area contributed by atoms with Gasteiger partial charge in [0.2, 0.25) is 17.6 Å². The predicted octanol–water partition coefficient (Wildman–Crippen LogP) is -0.612. The Morgan fingerprint density at radius 3 is 2.21 bits per heavy atom. The van der Waals surface area contributed by atoms with Crippen LogP contribution in [0.2, 0.25) is 0 Å². The topological polar surface area (TPSA) is 157 Å². The second kappa shape index (κ2) is 10.3. The largest absolute Gasteiger partial charge is 0.471 e. The van der Waals surface area contributed by atoms with E-state index in [1.54, 1.807) is 5.32 Å². The highest BCUT2D eigenvalue weighted by atomic mass is 19.4. The van der Waals surface area contributed by atoms with E-state index in [-0.39, 0.29) is 36.9 Å². The molecule has 4 N–H and O–H groups in total. The third kappa shape index (κ3) is 5.96. The van der Waals surface area contributed by atoms with E-state index < -0.39 is 65.2 Å². The first-order chi connectivity index (χ1) is 17.8. The molecule has 0 aromatic rings. The Morgan fingerprint density at radius 1 is 1.10 bits per heavy atom. The quantitative estimate of drug-likeness (QED) is 0.290. The zero-order valence-corrected chi connectivity index (χ0v) is 22.7. The van der Waals surface area contributed by atoms with Crippen LogP contribution in [0, 0.1) is 22.7 Å². The van der Waals surface area contributed by atoms with Crippen molar-refractivity contribution in [3.63, 3.8) is 0 Å². The van der Waals surface area contributed by atoms with Gasteiger partial charge in [0.1, 0.15) is 18.1 Å². The van der Waals surface area contributed by atoms with E-state index in [4.69, 9.17) is 0 Å². The van der Waals surface area contributed by atoms with Crippen molar-refractivity contribution < 1.29 is 41.9 Å². The van der Waals surface area contributed by atoms with Crippen molar-refractivity contribution in [2.75, 3.05) is 33.2 Å². The van der Waals surface area contributed by atoms with Crippen LogP contribution in [0.4, 0.5) is 18.0 Å². The lowest BCUT2D eigenvalue weighted by atomic mass is 9.85. The molecular weight excluding hydrogens is 525 g/mol. The van der Waals surface area contributed by atoms with E-state index in [9.17, 15) is 41.9 Å². The third-order valence-corrected chi connectivity index (χ3v) is 7.84. The highest BCUT2D eigenvalue weighted by molar-refractivity contribution is 6.38. The molecular formula is C24H35F3N6O6. The average molecular weight is 561 g/mol. The average Bonchev–Trinajstić information content (AvgIpc) is 3.18. The first-order valence-electron chi connectivity index (χ1n) is 12.6. The molecule has 5 atom stereocenters. The second-order valence-corrected chi connectivity index (χ2v) is 11.8. The van der Waals surface area contributed by atoms with E-state index >= 15 is 0 Å². The van der Waals surface area contributed by atoms with Crippen LogP contribution in [0.3, 0.4) is 0 Å². The molecule has 3 rings (SSSR count). The summed E-state index contributed by atoms with van der Waals surface area (Å²) in [6.45, 7) is 8.56. The van der Waals surface area contributed by atoms with Crippen molar-refractivity contribution in [2.45, 2.75) is 58.9 Å². The number of hydrogen-bond acceptors (Lipinski definition) is 6. The molecule has 2 saturated heterocycles. The number of carbonyl (C=O) groups is 6. The Kier molecular flexibility index (Phi) is 7.96. The minimum Gasteiger partial charge on any atom is -0.353 e. The van der Waals surface area contributed by atoms with Crippen molar-refractivity contribution in [2.24, 2.45) is 22.7 Å². The second-order valence-electron chi connectivity index (χ2n) is 11.8. The molecule has 0 aromatic carbocycles. The number of carbonyl (C=O) groups excluding carboxylic acids is 6. The number of urea groups is 1. The molecule has 2 heterocycles. The maximum Gasteiger partial charge on any atom is 0.471 e. The zero-order chi connectivity index (χ0) is 29.7. The van der Waals surface area contributed by atoms with Gasteiger partial charge in [-0.3, -0.25) is 24.0 Å². The molecule has 1 saturated carbocycles. The highest BCUT2D eigenvalue weighted by Gasteiger charge is 2.70. The third-order valence-electron chi connectivity index (χ3n) is 7.84. The molecule has 0 spiro atoms. The number of rotatable bonds is 8. The molecule has 3 aliphatic rings. The van der Waals surface area contributed by atoms with Gasteiger partial charge < -0.3 is 31.1 Å². The van der Waals surface area contributed by atoms with Gasteiger partial charge in [-0.15, -0.1) is 0 Å². The van der Waals surface area contributed by atoms with E-state index in [2.05, 4.69) is 16.0 Å². The lowest BCUT2D eigenvalue weighted by molar-refractivity contribution is -0.176. The van der Waals surface area contributed by atoms with E-state index in [1.807, 2.05) is 13.8 Å². The van der Waals surface area contributed by atoms with Crippen molar-refractivity contribution in [3.8, 4) is 0 Å². The monoisotopic (exact) mass is 560 g/mol. The molecule has 2 aliphatic heterocycles. The fraction of sp³-hybridized carbons (Fsp3) is 0.750. The summed E-state index contributed by atoms with van der Waals surface area (Å²) in [5.41, 5.74) is -1.51. The lowest BCUT2D eigenvalue weighted by Crippen LogP contribution is -2.62.